The molecule has 2 aromatic heterocycles. The van der Waals surface area contributed by atoms with Gasteiger partial charge in [0.05, 0.1) is 21.3 Å². The molecule has 4 aromatic rings. The van der Waals surface area contributed by atoms with Crippen LogP contribution < -0.4 is 5.32 Å². The molecular weight excluding hydrogens is 450 g/mol. The van der Waals surface area contributed by atoms with Crippen molar-refractivity contribution in [1.29, 1.82) is 0 Å². The zero-order valence-electron chi connectivity index (χ0n) is 13.2. The summed E-state index contributed by atoms with van der Waals surface area (Å²) in [5, 5.41) is 10.6. The van der Waals surface area contributed by atoms with Crippen LogP contribution in [-0.2, 0) is 0 Å². The minimum atomic E-state index is -0.455. The molecule has 0 atom stereocenters. The maximum Gasteiger partial charge on any atom is 0.259 e. The highest BCUT2D eigenvalue weighted by atomic mass is 35.5. The van der Waals surface area contributed by atoms with Gasteiger partial charge in [-0.2, -0.15) is 4.98 Å². The van der Waals surface area contributed by atoms with Gasteiger partial charge in [0, 0.05) is 21.0 Å². The maximum atomic E-state index is 12.5. The van der Waals surface area contributed by atoms with E-state index in [0.29, 0.717) is 20.0 Å². The highest BCUT2D eigenvalue weighted by Crippen LogP contribution is 2.33. The number of aromatic nitrogens is 3. The highest BCUT2D eigenvalue weighted by Gasteiger charge is 2.17. The number of anilines is 1. The van der Waals surface area contributed by atoms with Gasteiger partial charge in [-0.15, -0.1) is 16.4 Å². The second kappa shape index (κ2) is 7.30. The molecule has 0 aliphatic rings. The number of carbonyl (C=O) groups excluding carboxylic acids is 1. The first-order chi connectivity index (χ1) is 12.9. The Hall–Kier alpha value is -1.83. The van der Waals surface area contributed by atoms with E-state index in [9.17, 15) is 4.79 Å². The number of amides is 1. The van der Waals surface area contributed by atoms with E-state index in [1.54, 1.807) is 34.8 Å². The topological polar surface area (TPSA) is 59.3 Å². The van der Waals surface area contributed by atoms with E-state index in [2.05, 4.69) is 15.4 Å². The van der Waals surface area contributed by atoms with Crippen molar-refractivity contribution >= 4 is 74.6 Å². The van der Waals surface area contributed by atoms with Crippen LogP contribution >= 0.6 is 57.7 Å². The van der Waals surface area contributed by atoms with Crippen molar-refractivity contribution < 1.29 is 4.79 Å². The van der Waals surface area contributed by atoms with Crippen molar-refractivity contribution in [2.45, 2.75) is 0 Å². The fourth-order valence-electron chi connectivity index (χ4n) is 2.45. The van der Waals surface area contributed by atoms with Crippen LogP contribution in [0, 0.1) is 0 Å². The molecule has 1 N–H and O–H groups in total. The summed E-state index contributed by atoms with van der Waals surface area (Å²) in [6.07, 6.45) is 0. The number of halogens is 4. The predicted molar refractivity (Wildman–Crippen MR) is 111 cm³/mol. The normalized spacial score (nSPS) is 11.1. The quantitative estimate of drug-likeness (QED) is 0.391. The van der Waals surface area contributed by atoms with E-state index in [4.69, 9.17) is 46.4 Å². The largest absolute Gasteiger partial charge is 0.289 e. The molecule has 4 rings (SSSR count). The molecule has 10 heteroatoms. The number of rotatable bonds is 3. The molecule has 0 saturated heterocycles. The Kier molecular flexibility index (Phi) is 5.01. The van der Waals surface area contributed by atoms with E-state index in [1.807, 2.05) is 5.38 Å². The van der Waals surface area contributed by atoms with Crippen molar-refractivity contribution in [2.24, 2.45) is 0 Å². The number of fused-ring (bicyclic) bond motifs is 1. The van der Waals surface area contributed by atoms with Crippen LogP contribution in [0.5, 0.6) is 0 Å². The average molecular weight is 458 g/mol. The summed E-state index contributed by atoms with van der Waals surface area (Å²) in [5.74, 6) is -0.314. The first-order valence-electron chi connectivity index (χ1n) is 7.48. The molecule has 5 nitrogen and oxygen atoms in total. The van der Waals surface area contributed by atoms with Crippen molar-refractivity contribution in [3.05, 3.63) is 67.4 Å². The molecular formula is C17H8Cl4N4OS. The summed E-state index contributed by atoms with van der Waals surface area (Å²) < 4.78 is 1.59. The van der Waals surface area contributed by atoms with Gasteiger partial charge in [0.2, 0.25) is 4.96 Å². The Morgan fingerprint density at radius 3 is 2.48 bits per heavy atom. The first kappa shape index (κ1) is 18.5. The Morgan fingerprint density at radius 2 is 1.70 bits per heavy atom. The van der Waals surface area contributed by atoms with Gasteiger partial charge < -0.3 is 0 Å². The second-order valence-corrected chi connectivity index (χ2v) is 7.98. The molecule has 136 valence electrons. The van der Waals surface area contributed by atoms with E-state index in [0.717, 1.165) is 11.3 Å². The summed E-state index contributed by atoms with van der Waals surface area (Å²) in [6, 6.07) is 9.80. The van der Waals surface area contributed by atoms with E-state index in [-0.39, 0.29) is 16.5 Å². The van der Waals surface area contributed by atoms with E-state index < -0.39 is 5.91 Å². The summed E-state index contributed by atoms with van der Waals surface area (Å²) in [4.78, 5) is 17.4. The molecule has 0 radical (unpaired) electrons. The number of nitrogens with zero attached hydrogens (tertiary/aromatic N) is 3. The lowest BCUT2D eigenvalue weighted by Crippen LogP contribution is -2.13. The average Bonchev–Trinajstić information content (AvgIpc) is 3.19. The fraction of sp³-hybridized carbons (Fsp3) is 0. The first-order valence-corrected chi connectivity index (χ1v) is 9.87. The van der Waals surface area contributed by atoms with Gasteiger partial charge in [-0.05, 0) is 36.4 Å². The van der Waals surface area contributed by atoms with Gasteiger partial charge in [-0.25, -0.2) is 4.52 Å². The summed E-state index contributed by atoms with van der Waals surface area (Å²) in [7, 11) is 0. The minimum Gasteiger partial charge on any atom is -0.289 e. The van der Waals surface area contributed by atoms with Crippen LogP contribution in [0.25, 0.3) is 16.2 Å². The predicted octanol–water partition coefficient (Wildman–Crippen LogP) is 6.32. The van der Waals surface area contributed by atoms with Gasteiger partial charge in [0.1, 0.15) is 0 Å². The summed E-state index contributed by atoms with van der Waals surface area (Å²) >= 11 is 25.7. The van der Waals surface area contributed by atoms with Crippen molar-refractivity contribution in [3.8, 4) is 11.3 Å². The second-order valence-electron chi connectivity index (χ2n) is 5.45. The number of carbonyl (C=O) groups is 1. The molecule has 2 aromatic carbocycles. The molecule has 0 saturated carbocycles. The Labute approximate surface area is 177 Å². The van der Waals surface area contributed by atoms with Gasteiger partial charge in [0.15, 0.2) is 0 Å². The summed E-state index contributed by atoms with van der Waals surface area (Å²) in [5.41, 5.74) is 1.67. The van der Waals surface area contributed by atoms with Crippen LogP contribution in [0.15, 0.2) is 41.8 Å². The molecule has 0 fully saturated rings. The molecule has 0 aliphatic carbocycles. The standard InChI is InChI=1S/C17H8Cl4N4OS/c18-8-1-3-12(20)10(5-8)14-7-27-17-23-16(24-25(14)17)22-15(26)11-6-9(19)2-4-13(11)21/h1-7H,(H,22,24,26). The third kappa shape index (κ3) is 3.63. The highest BCUT2D eigenvalue weighted by molar-refractivity contribution is 7.15. The molecule has 0 spiro atoms. The lowest BCUT2D eigenvalue weighted by molar-refractivity contribution is 0.102. The van der Waals surface area contributed by atoms with Gasteiger partial charge >= 0.3 is 0 Å². The third-order valence-corrected chi connectivity index (χ3v) is 5.63. The van der Waals surface area contributed by atoms with Gasteiger partial charge in [-0.3, -0.25) is 10.1 Å². The summed E-state index contributed by atoms with van der Waals surface area (Å²) in [6.45, 7) is 0. The van der Waals surface area contributed by atoms with Crippen LogP contribution in [-0.4, -0.2) is 20.5 Å². The number of nitrogens with one attached hydrogen (secondary N) is 1. The lowest BCUT2D eigenvalue weighted by Gasteiger charge is -2.04. The number of benzene rings is 2. The van der Waals surface area contributed by atoms with Crippen molar-refractivity contribution in [3.63, 3.8) is 0 Å². The van der Waals surface area contributed by atoms with E-state index >= 15 is 0 Å². The van der Waals surface area contributed by atoms with Crippen LogP contribution in [0.1, 0.15) is 10.4 Å². The molecule has 0 aliphatic heterocycles. The number of thiazole rings is 1. The maximum absolute atomic E-state index is 12.5. The zero-order valence-corrected chi connectivity index (χ0v) is 17.1. The molecule has 27 heavy (non-hydrogen) atoms. The number of hydrogen-bond acceptors (Lipinski definition) is 4. The minimum absolute atomic E-state index is 0.141. The number of hydrogen-bond donors (Lipinski definition) is 1. The Balaban J connectivity index is 1.69. The fourth-order valence-corrected chi connectivity index (χ4v) is 4.04. The molecule has 0 bridgehead atoms. The van der Waals surface area contributed by atoms with Crippen LogP contribution in [0.3, 0.4) is 0 Å². The van der Waals surface area contributed by atoms with E-state index in [1.165, 1.54) is 17.4 Å². The van der Waals surface area contributed by atoms with Crippen molar-refractivity contribution in [2.75, 3.05) is 5.32 Å². The SMILES string of the molecule is O=C(Nc1nc2scc(-c3cc(Cl)ccc3Cl)n2n1)c1cc(Cl)ccc1Cl. The Morgan fingerprint density at radius 1 is 1.00 bits per heavy atom. The molecule has 1 amide bonds. The molecule has 2 heterocycles. The Bertz CT molecular complexity index is 1190. The molecule has 0 unspecified atom stereocenters. The smallest absolute Gasteiger partial charge is 0.259 e. The van der Waals surface area contributed by atoms with Crippen LogP contribution in [0.4, 0.5) is 5.95 Å². The lowest BCUT2D eigenvalue weighted by atomic mass is 10.2. The zero-order chi connectivity index (χ0) is 19.1. The van der Waals surface area contributed by atoms with Crippen LogP contribution in [0.2, 0.25) is 20.1 Å². The van der Waals surface area contributed by atoms with Gasteiger partial charge in [-0.1, -0.05) is 46.4 Å². The monoisotopic (exact) mass is 456 g/mol. The van der Waals surface area contributed by atoms with Gasteiger partial charge in [0.25, 0.3) is 11.9 Å². The third-order valence-electron chi connectivity index (χ3n) is 3.68. The van der Waals surface area contributed by atoms with Crippen molar-refractivity contribution in [1.82, 2.24) is 14.6 Å².